The Hall–Kier alpha value is -2.06. The molecule has 1 N–H and O–H groups in total. The summed E-state index contributed by atoms with van der Waals surface area (Å²) in [4.78, 5) is 15.5. The average molecular weight is 256 g/mol. The number of aromatic nitrogens is 1. The monoisotopic (exact) mass is 255 g/mol. The Morgan fingerprint density at radius 3 is 2.56 bits per heavy atom. The van der Waals surface area contributed by atoms with E-state index in [0.717, 1.165) is 10.9 Å². The number of fused-ring (bicyclic) bond motifs is 1. The van der Waals surface area contributed by atoms with Crippen molar-refractivity contribution in [2.24, 2.45) is 0 Å². The van der Waals surface area contributed by atoms with Gasteiger partial charge in [0.15, 0.2) is 5.78 Å². The molecule has 0 radical (unpaired) electrons. The van der Waals surface area contributed by atoms with Gasteiger partial charge < -0.3 is 4.98 Å². The highest BCUT2D eigenvalue weighted by Crippen LogP contribution is 2.21. The minimum Gasteiger partial charge on any atom is -0.361 e. The third-order valence-electron chi connectivity index (χ3n) is 2.95. The SMILES string of the molecule is O=C(c1ccc(Cl)cc1)c1cccc2[nH]ccc12. The van der Waals surface area contributed by atoms with Gasteiger partial charge in [-0.05, 0) is 36.4 Å². The Morgan fingerprint density at radius 2 is 1.78 bits per heavy atom. The number of nitrogens with one attached hydrogen (secondary N) is 1. The van der Waals surface area contributed by atoms with Crippen molar-refractivity contribution in [2.75, 3.05) is 0 Å². The summed E-state index contributed by atoms with van der Waals surface area (Å²) in [6, 6.07) is 14.5. The molecule has 2 aromatic carbocycles. The summed E-state index contributed by atoms with van der Waals surface area (Å²) in [5.41, 5.74) is 2.32. The first-order valence-electron chi connectivity index (χ1n) is 5.62. The van der Waals surface area contributed by atoms with Gasteiger partial charge in [0.1, 0.15) is 0 Å². The van der Waals surface area contributed by atoms with E-state index in [-0.39, 0.29) is 5.78 Å². The summed E-state index contributed by atoms with van der Waals surface area (Å²) >= 11 is 5.82. The molecular formula is C15H10ClNO. The van der Waals surface area contributed by atoms with E-state index in [1.807, 2.05) is 30.5 Å². The lowest BCUT2D eigenvalue weighted by molar-refractivity contribution is 0.104. The zero-order valence-corrected chi connectivity index (χ0v) is 10.2. The van der Waals surface area contributed by atoms with Crippen LogP contribution in [0.2, 0.25) is 5.02 Å². The molecule has 0 fully saturated rings. The Labute approximate surface area is 109 Å². The molecule has 0 saturated heterocycles. The Morgan fingerprint density at radius 1 is 1.00 bits per heavy atom. The molecule has 88 valence electrons. The molecule has 0 atom stereocenters. The number of carbonyl (C=O) groups excluding carboxylic acids is 1. The summed E-state index contributed by atoms with van der Waals surface area (Å²) in [7, 11) is 0. The third-order valence-corrected chi connectivity index (χ3v) is 3.20. The van der Waals surface area contributed by atoms with E-state index < -0.39 is 0 Å². The van der Waals surface area contributed by atoms with Crippen molar-refractivity contribution in [1.29, 1.82) is 0 Å². The number of aromatic amines is 1. The molecule has 3 rings (SSSR count). The smallest absolute Gasteiger partial charge is 0.193 e. The summed E-state index contributed by atoms with van der Waals surface area (Å²) in [5, 5.41) is 1.57. The third kappa shape index (κ3) is 1.81. The number of carbonyl (C=O) groups is 1. The Kier molecular flexibility index (Phi) is 2.65. The standard InChI is InChI=1S/C15H10ClNO/c16-11-6-4-10(5-7-11)15(18)13-2-1-3-14-12(13)8-9-17-14/h1-9,17H. The molecule has 0 amide bonds. The van der Waals surface area contributed by atoms with Gasteiger partial charge in [0.2, 0.25) is 0 Å². The minimum absolute atomic E-state index is 0.0110. The lowest BCUT2D eigenvalue weighted by atomic mass is 10.0. The minimum atomic E-state index is 0.0110. The topological polar surface area (TPSA) is 32.9 Å². The maximum Gasteiger partial charge on any atom is 0.193 e. The van der Waals surface area contributed by atoms with Crippen LogP contribution in [-0.2, 0) is 0 Å². The normalized spacial score (nSPS) is 10.7. The number of ketones is 1. The number of rotatable bonds is 2. The van der Waals surface area contributed by atoms with Gasteiger partial charge in [-0.2, -0.15) is 0 Å². The van der Waals surface area contributed by atoms with Crippen molar-refractivity contribution in [3.8, 4) is 0 Å². The van der Waals surface area contributed by atoms with Gasteiger partial charge in [-0.25, -0.2) is 0 Å². The molecular weight excluding hydrogens is 246 g/mol. The van der Waals surface area contributed by atoms with Crippen LogP contribution >= 0.6 is 11.6 Å². The molecule has 3 aromatic rings. The zero-order valence-electron chi connectivity index (χ0n) is 9.48. The average Bonchev–Trinajstić information content (AvgIpc) is 2.87. The lowest BCUT2D eigenvalue weighted by Crippen LogP contribution is -2.01. The number of H-pyrrole nitrogens is 1. The predicted molar refractivity (Wildman–Crippen MR) is 73.2 cm³/mol. The second kappa shape index (κ2) is 4.31. The fourth-order valence-corrected chi connectivity index (χ4v) is 2.17. The molecule has 3 heteroatoms. The van der Waals surface area contributed by atoms with Crippen LogP contribution in [0.15, 0.2) is 54.7 Å². The summed E-state index contributed by atoms with van der Waals surface area (Å²) in [6.07, 6.45) is 1.84. The molecule has 0 unspecified atom stereocenters. The highest BCUT2D eigenvalue weighted by atomic mass is 35.5. The zero-order chi connectivity index (χ0) is 12.5. The lowest BCUT2D eigenvalue weighted by Gasteiger charge is -2.03. The van der Waals surface area contributed by atoms with E-state index in [2.05, 4.69) is 4.98 Å². The van der Waals surface area contributed by atoms with Crippen molar-refractivity contribution in [2.45, 2.75) is 0 Å². The van der Waals surface area contributed by atoms with E-state index in [1.165, 1.54) is 0 Å². The van der Waals surface area contributed by atoms with Gasteiger partial charge in [-0.15, -0.1) is 0 Å². The van der Waals surface area contributed by atoms with E-state index in [4.69, 9.17) is 11.6 Å². The van der Waals surface area contributed by atoms with Gasteiger partial charge in [-0.3, -0.25) is 4.79 Å². The van der Waals surface area contributed by atoms with Crippen LogP contribution in [0, 0.1) is 0 Å². The molecule has 18 heavy (non-hydrogen) atoms. The van der Waals surface area contributed by atoms with Crippen LogP contribution in [0.1, 0.15) is 15.9 Å². The van der Waals surface area contributed by atoms with Crippen LogP contribution in [-0.4, -0.2) is 10.8 Å². The van der Waals surface area contributed by atoms with Crippen molar-refractivity contribution in [1.82, 2.24) is 4.98 Å². The van der Waals surface area contributed by atoms with Gasteiger partial charge >= 0.3 is 0 Å². The number of hydrogen-bond donors (Lipinski definition) is 1. The summed E-state index contributed by atoms with van der Waals surface area (Å²) in [6.45, 7) is 0. The highest BCUT2D eigenvalue weighted by molar-refractivity contribution is 6.30. The first kappa shape index (κ1) is 11.1. The molecule has 0 spiro atoms. The fraction of sp³-hybridized carbons (Fsp3) is 0. The van der Waals surface area contributed by atoms with E-state index in [9.17, 15) is 4.79 Å². The van der Waals surface area contributed by atoms with Gasteiger partial charge in [-0.1, -0.05) is 23.7 Å². The van der Waals surface area contributed by atoms with Crippen molar-refractivity contribution in [3.05, 3.63) is 70.9 Å². The van der Waals surface area contributed by atoms with Crippen LogP contribution in [0.4, 0.5) is 0 Å². The van der Waals surface area contributed by atoms with Gasteiger partial charge in [0, 0.05) is 33.2 Å². The first-order chi connectivity index (χ1) is 8.75. The van der Waals surface area contributed by atoms with E-state index >= 15 is 0 Å². The molecule has 0 saturated carbocycles. The van der Waals surface area contributed by atoms with Crippen molar-refractivity contribution in [3.63, 3.8) is 0 Å². The number of benzene rings is 2. The summed E-state index contributed by atoms with van der Waals surface area (Å²) in [5.74, 6) is 0.0110. The number of halogens is 1. The van der Waals surface area contributed by atoms with Crippen LogP contribution in [0.25, 0.3) is 10.9 Å². The molecule has 1 heterocycles. The molecule has 0 aliphatic heterocycles. The van der Waals surface area contributed by atoms with E-state index in [0.29, 0.717) is 16.1 Å². The summed E-state index contributed by atoms with van der Waals surface area (Å²) < 4.78 is 0. The van der Waals surface area contributed by atoms with Crippen molar-refractivity contribution < 1.29 is 4.79 Å². The second-order valence-electron chi connectivity index (χ2n) is 4.08. The van der Waals surface area contributed by atoms with Crippen LogP contribution in [0.5, 0.6) is 0 Å². The Bertz CT molecular complexity index is 713. The van der Waals surface area contributed by atoms with Crippen LogP contribution < -0.4 is 0 Å². The maximum absolute atomic E-state index is 12.4. The molecule has 0 bridgehead atoms. The first-order valence-corrected chi connectivity index (χ1v) is 6.00. The maximum atomic E-state index is 12.4. The fourth-order valence-electron chi connectivity index (χ4n) is 2.04. The molecule has 1 aromatic heterocycles. The highest BCUT2D eigenvalue weighted by Gasteiger charge is 2.12. The van der Waals surface area contributed by atoms with Gasteiger partial charge in [0.05, 0.1) is 0 Å². The quantitative estimate of drug-likeness (QED) is 0.689. The molecule has 0 aliphatic carbocycles. The Balaban J connectivity index is 2.12. The van der Waals surface area contributed by atoms with Crippen molar-refractivity contribution >= 4 is 28.3 Å². The molecule has 2 nitrogen and oxygen atoms in total. The number of hydrogen-bond acceptors (Lipinski definition) is 1. The van der Waals surface area contributed by atoms with Crippen LogP contribution in [0.3, 0.4) is 0 Å². The predicted octanol–water partition coefficient (Wildman–Crippen LogP) is 4.05. The molecule has 0 aliphatic rings. The van der Waals surface area contributed by atoms with E-state index in [1.54, 1.807) is 24.3 Å². The largest absolute Gasteiger partial charge is 0.361 e. The second-order valence-corrected chi connectivity index (χ2v) is 4.52. The van der Waals surface area contributed by atoms with Gasteiger partial charge in [0.25, 0.3) is 0 Å².